The topological polar surface area (TPSA) is 61.8 Å². The fourth-order valence-corrected chi connectivity index (χ4v) is 2.73. The number of rotatable bonds is 6. The van der Waals surface area contributed by atoms with Gasteiger partial charge in [0.2, 0.25) is 0 Å². The number of aliphatic hydroxyl groups excluding tert-OH is 1. The van der Waals surface area contributed by atoms with Crippen molar-refractivity contribution in [2.24, 2.45) is 0 Å². The van der Waals surface area contributed by atoms with Gasteiger partial charge in [-0.1, -0.05) is 0 Å². The Bertz CT molecular complexity index is 315. The van der Waals surface area contributed by atoms with Gasteiger partial charge in [-0.05, 0) is 66.3 Å². The van der Waals surface area contributed by atoms with Crippen molar-refractivity contribution in [3.05, 3.63) is 0 Å². The number of nitrogens with one attached hydrogen (secondary N) is 1. The van der Waals surface area contributed by atoms with E-state index in [0.717, 1.165) is 38.8 Å². The Hall–Kier alpha value is -0.810. The Labute approximate surface area is 129 Å². The standard InChI is InChI=1S/C16H32N2O3/c1-13(17-9-7-11-19)12-14-8-5-6-10-18(14)15(20)21-16(2,3)4/h13-14,17,19H,5-12H2,1-4H3. The van der Waals surface area contributed by atoms with E-state index in [1.807, 2.05) is 25.7 Å². The molecular formula is C16H32N2O3. The van der Waals surface area contributed by atoms with Crippen LogP contribution in [-0.4, -0.2) is 53.5 Å². The van der Waals surface area contributed by atoms with Crippen molar-refractivity contribution in [3.63, 3.8) is 0 Å². The number of aliphatic hydroxyl groups is 1. The maximum atomic E-state index is 12.3. The van der Waals surface area contributed by atoms with E-state index in [9.17, 15) is 4.79 Å². The van der Waals surface area contributed by atoms with E-state index in [1.165, 1.54) is 6.42 Å². The zero-order valence-corrected chi connectivity index (χ0v) is 14.0. The third-order valence-electron chi connectivity index (χ3n) is 3.71. The van der Waals surface area contributed by atoms with E-state index in [-0.39, 0.29) is 18.7 Å². The molecule has 21 heavy (non-hydrogen) atoms. The second kappa shape index (κ2) is 8.59. The van der Waals surface area contributed by atoms with Crippen LogP contribution in [0.4, 0.5) is 4.79 Å². The zero-order valence-electron chi connectivity index (χ0n) is 14.0. The predicted molar refractivity (Wildman–Crippen MR) is 84.4 cm³/mol. The lowest BCUT2D eigenvalue weighted by atomic mass is 9.96. The van der Waals surface area contributed by atoms with Gasteiger partial charge in [0.25, 0.3) is 0 Å². The molecule has 1 amide bonds. The Balaban J connectivity index is 2.50. The van der Waals surface area contributed by atoms with Crippen molar-refractivity contribution in [2.75, 3.05) is 19.7 Å². The molecule has 1 fully saturated rings. The number of likely N-dealkylation sites (tertiary alicyclic amines) is 1. The van der Waals surface area contributed by atoms with E-state index in [4.69, 9.17) is 9.84 Å². The fourth-order valence-electron chi connectivity index (χ4n) is 2.73. The van der Waals surface area contributed by atoms with Crippen LogP contribution in [0.15, 0.2) is 0 Å². The SMILES string of the molecule is CC(CC1CCCCN1C(=O)OC(C)(C)C)NCCCO. The minimum atomic E-state index is -0.440. The summed E-state index contributed by atoms with van der Waals surface area (Å²) in [5.41, 5.74) is -0.440. The number of piperidine rings is 1. The summed E-state index contributed by atoms with van der Waals surface area (Å²) in [7, 11) is 0. The second-order valence-electron chi connectivity index (χ2n) is 6.99. The Morgan fingerprint density at radius 2 is 2.14 bits per heavy atom. The normalized spacial score (nSPS) is 21.2. The summed E-state index contributed by atoms with van der Waals surface area (Å²) in [5.74, 6) is 0. The number of nitrogens with zero attached hydrogens (tertiary/aromatic N) is 1. The minimum absolute atomic E-state index is 0.185. The zero-order chi connectivity index (χ0) is 15.9. The first-order valence-electron chi connectivity index (χ1n) is 8.17. The van der Waals surface area contributed by atoms with Crippen LogP contribution in [0.2, 0.25) is 0 Å². The average molecular weight is 300 g/mol. The molecule has 2 unspecified atom stereocenters. The van der Waals surface area contributed by atoms with E-state index < -0.39 is 5.60 Å². The van der Waals surface area contributed by atoms with Crippen molar-refractivity contribution in [1.82, 2.24) is 10.2 Å². The lowest BCUT2D eigenvalue weighted by Crippen LogP contribution is -2.48. The molecule has 2 atom stereocenters. The van der Waals surface area contributed by atoms with Crippen LogP contribution in [-0.2, 0) is 4.74 Å². The first-order valence-corrected chi connectivity index (χ1v) is 8.17. The Morgan fingerprint density at radius 3 is 2.76 bits per heavy atom. The van der Waals surface area contributed by atoms with Gasteiger partial charge in [-0.15, -0.1) is 0 Å². The predicted octanol–water partition coefficient (Wildman–Crippen LogP) is 2.53. The highest BCUT2D eigenvalue weighted by molar-refractivity contribution is 5.68. The van der Waals surface area contributed by atoms with Gasteiger partial charge >= 0.3 is 6.09 Å². The number of carbonyl (C=O) groups is 1. The van der Waals surface area contributed by atoms with Crippen LogP contribution in [0.1, 0.15) is 59.8 Å². The van der Waals surface area contributed by atoms with E-state index in [2.05, 4.69) is 12.2 Å². The van der Waals surface area contributed by atoms with E-state index in [1.54, 1.807) is 0 Å². The van der Waals surface area contributed by atoms with Gasteiger partial charge in [-0.2, -0.15) is 0 Å². The number of amides is 1. The van der Waals surface area contributed by atoms with E-state index >= 15 is 0 Å². The highest BCUT2D eigenvalue weighted by Gasteiger charge is 2.31. The summed E-state index contributed by atoms with van der Waals surface area (Å²) in [6.07, 6.45) is 4.80. The summed E-state index contributed by atoms with van der Waals surface area (Å²) in [6.45, 7) is 9.68. The van der Waals surface area contributed by atoms with Crippen LogP contribution in [0, 0.1) is 0 Å². The van der Waals surface area contributed by atoms with Gasteiger partial charge in [-0.3, -0.25) is 0 Å². The van der Waals surface area contributed by atoms with Gasteiger partial charge in [0, 0.05) is 25.2 Å². The highest BCUT2D eigenvalue weighted by atomic mass is 16.6. The molecule has 0 aliphatic carbocycles. The van der Waals surface area contributed by atoms with Crippen LogP contribution in [0.3, 0.4) is 0 Å². The number of hydrogen-bond acceptors (Lipinski definition) is 4. The van der Waals surface area contributed by atoms with Crippen molar-refractivity contribution in [1.29, 1.82) is 0 Å². The summed E-state index contributed by atoms with van der Waals surface area (Å²) < 4.78 is 5.52. The summed E-state index contributed by atoms with van der Waals surface area (Å²) in [5, 5.41) is 12.2. The van der Waals surface area contributed by atoms with Crippen molar-refractivity contribution in [3.8, 4) is 0 Å². The summed E-state index contributed by atoms with van der Waals surface area (Å²) in [6, 6.07) is 0.592. The molecule has 0 radical (unpaired) electrons. The molecule has 0 aromatic rings. The lowest BCUT2D eigenvalue weighted by Gasteiger charge is -2.38. The molecule has 1 saturated heterocycles. The molecule has 0 aromatic carbocycles. The molecule has 0 saturated carbocycles. The monoisotopic (exact) mass is 300 g/mol. The number of ether oxygens (including phenoxy) is 1. The number of hydrogen-bond donors (Lipinski definition) is 2. The Morgan fingerprint density at radius 1 is 1.43 bits per heavy atom. The molecule has 0 bridgehead atoms. The quantitative estimate of drug-likeness (QED) is 0.740. The van der Waals surface area contributed by atoms with Gasteiger partial charge in [0.1, 0.15) is 5.60 Å². The maximum Gasteiger partial charge on any atom is 0.410 e. The first-order chi connectivity index (χ1) is 9.83. The molecule has 2 N–H and O–H groups in total. The third-order valence-corrected chi connectivity index (χ3v) is 3.71. The van der Waals surface area contributed by atoms with Crippen molar-refractivity contribution < 1.29 is 14.6 Å². The fraction of sp³-hybridized carbons (Fsp3) is 0.938. The van der Waals surface area contributed by atoms with Crippen LogP contribution < -0.4 is 5.32 Å². The molecule has 1 aliphatic heterocycles. The van der Waals surface area contributed by atoms with Crippen LogP contribution >= 0.6 is 0 Å². The Kier molecular flexibility index (Phi) is 7.46. The van der Waals surface area contributed by atoms with Crippen LogP contribution in [0.5, 0.6) is 0 Å². The van der Waals surface area contributed by atoms with Crippen molar-refractivity contribution >= 4 is 6.09 Å². The molecule has 0 aromatic heterocycles. The minimum Gasteiger partial charge on any atom is -0.444 e. The molecule has 1 rings (SSSR count). The molecule has 1 heterocycles. The van der Waals surface area contributed by atoms with Gasteiger partial charge in [0.15, 0.2) is 0 Å². The highest BCUT2D eigenvalue weighted by Crippen LogP contribution is 2.23. The van der Waals surface area contributed by atoms with Crippen LogP contribution in [0.25, 0.3) is 0 Å². The van der Waals surface area contributed by atoms with Gasteiger partial charge < -0.3 is 20.1 Å². The lowest BCUT2D eigenvalue weighted by molar-refractivity contribution is 0.00791. The smallest absolute Gasteiger partial charge is 0.410 e. The molecule has 5 heteroatoms. The average Bonchev–Trinajstić information content (AvgIpc) is 2.37. The second-order valence-corrected chi connectivity index (χ2v) is 6.99. The van der Waals surface area contributed by atoms with E-state index in [0.29, 0.717) is 6.04 Å². The first kappa shape index (κ1) is 18.2. The summed E-state index contributed by atoms with van der Waals surface area (Å²) >= 11 is 0. The summed E-state index contributed by atoms with van der Waals surface area (Å²) in [4.78, 5) is 14.2. The molecule has 5 nitrogen and oxygen atoms in total. The maximum absolute atomic E-state index is 12.3. The number of carbonyl (C=O) groups excluding carboxylic acids is 1. The largest absolute Gasteiger partial charge is 0.444 e. The molecular weight excluding hydrogens is 268 g/mol. The molecule has 124 valence electrons. The third kappa shape index (κ3) is 7.14. The molecule has 1 aliphatic rings. The molecule has 0 spiro atoms. The van der Waals surface area contributed by atoms with Crippen molar-refractivity contribution in [2.45, 2.75) is 77.5 Å². The van der Waals surface area contributed by atoms with Gasteiger partial charge in [0.05, 0.1) is 0 Å². The van der Waals surface area contributed by atoms with Gasteiger partial charge in [-0.25, -0.2) is 4.79 Å².